The standard InChI is InChI=1S/C23H17Cl2N3O4/c1-28(13-14-6-5-9-17(10-14)31-16-7-3-2-4-8-16)23(30)22-27-26-21(32-22)15-11-18(24)20(29)19(25)12-15/h2-12,29H,13H2,1H3. The highest BCUT2D eigenvalue weighted by atomic mass is 35.5. The van der Waals surface area contributed by atoms with Crippen LogP contribution in [0.15, 0.2) is 71.1 Å². The average Bonchev–Trinajstić information content (AvgIpc) is 3.28. The number of para-hydroxylation sites is 1. The Kier molecular flexibility index (Phi) is 6.30. The SMILES string of the molecule is CN(Cc1cccc(Oc2ccccc2)c1)C(=O)c1nnc(-c2cc(Cl)c(O)c(Cl)c2)o1. The van der Waals surface area contributed by atoms with Crippen LogP contribution < -0.4 is 4.74 Å². The molecule has 1 aromatic heterocycles. The summed E-state index contributed by atoms with van der Waals surface area (Å²) in [5.74, 6) is 0.571. The molecule has 0 saturated carbocycles. The summed E-state index contributed by atoms with van der Waals surface area (Å²) in [6.07, 6.45) is 0. The molecule has 162 valence electrons. The van der Waals surface area contributed by atoms with Gasteiger partial charge in [0.05, 0.1) is 10.0 Å². The molecule has 0 aliphatic carbocycles. The fourth-order valence-corrected chi connectivity index (χ4v) is 3.44. The second-order valence-corrected chi connectivity index (χ2v) is 7.74. The second kappa shape index (κ2) is 9.30. The van der Waals surface area contributed by atoms with Crippen LogP contribution in [0, 0.1) is 0 Å². The van der Waals surface area contributed by atoms with E-state index in [1.165, 1.54) is 17.0 Å². The Bertz CT molecular complexity index is 1240. The van der Waals surface area contributed by atoms with Crippen molar-refractivity contribution in [1.82, 2.24) is 15.1 Å². The maximum absolute atomic E-state index is 12.8. The summed E-state index contributed by atoms with van der Waals surface area (Å²) in [6.45, 7) is 0.305. The predicted octanol–water partition coefficient (Wildman–Crippen LogP) is 5.81. The number of carbonyl (C=O) groups is 1. The lowest BCUT2D eigenvalue weighted by Gasteiger charge is -2.15. The van der Waals surface area contributed by atoms with Gasteiger partial charge in [-0.15, -0.1) is 10.2 Å². The Morgan fingerprint density at radius 2 is 1.69 bits per heavy atom. The molecular weight excluding hydrogens is 453 g/mol. The van der Waals surface area contributed by atoms with E-state index in [4.69, 9.17) is 32.4 Å². The minimum absolute atomic E-state index is 0.0355. The Balaban J connectivity index is 1.46. The number of ether oxygens (including phenoxy) is 1. The third-order valence-corrected chi connectivity index (χ3v) is 5.09. The maximum Gasteiger partial charge on any atom is 0.311 e. The van der Waals surface area contributed by atoms with Gasteiger partial charge in [-0.1, -0.05) is 53.5 Å². The highest BCUT2D eigenvalue weighted by Crippen LogP contribution is 2.36. The van der Waals surface area contributed by atoms with Gasteiger partial charge in [0.2, 0.25) is 5.89 Å². The van der Waals surface area contributed by atoms with Gasteiger partial charge in [0.25, 0.3) is 0 Å². The van der Waals surface area contributed by atoms with E-state index in [1.807, 2.05) is 54.6 Å². The van der Waals surface area contributed by atoms with Gasteiger partial charge in [0.1, 0.15) is 11.5 Å². The third kappa shape index (κ3) is 4.85. The lowest BCUT2D eigenvalue weighted by Crippen LogP contribution is -2.26. The molecule has 7 nitrogen and oxygen atoms in total. The van der Waals surface area contributed by atoms with Crippen LogP contribution in [0.4, 0.5) is 0 Å². The quantitative estimate of drug-likeness (QED) is 0.383. The van der Waals surface area contributed by atoms with Crippen molar-refractivity contribution in [3.05, 3.63) is 88.2 Å². The lowest BCUT2D eigenvalue weighted by molar-refractivity contribution is 0.0746. The van der Waals surface area contributed by atoms with E-state index in [-0.39, 0.29) is 27.6 Å². The van der Waals surface area contributed by atoms with E-state index in [0.29, 0.717) is 17.9 Å². The smallest absolute Gasteiger partial charge is 0.311 e. The van der Waals surface area contributed by atoms with Gasteiger partial charge in [-0.05, 0) is 42.0 Å². The normalized spacial score (nSPS) is 10.7. The van der Waals surface area contributed by atoms with Crippen molar-refractivity contribution >= 4 is 29.1 Å². The van der Waals surface area contributed by atoms with E-state index < -0.39 is 5.91 Å². The Labute approximate surface area is 193 Å². The first kappa shape index (κ1) is 21.7. The molecule has 3 aromatic carbocycles. The number of amides is 1. The van der Waals surface area contributed by atoms with Crippen LogP contribution in [0.1, 0.15) is 16.2 Å². The fraction of sp³-hybridized carbons (Fsp3) is 0.0870. The zero-order valence-electron chi connectivity index (χ0n) is 16.8. The number of aromatic hydroxyl groups is 1. The van der Waals surface area contributed by atoms with Crippen molar-refractivity contribution in [3.8, 4) is 28.7 Å². The van der Waals surface area contributed by atoms with Gasteiger partial charge in [0.15, 0.2) is 5.75 Å². The van der Waals surface area contributed by atoms with Crippen molar-refractivity contribution in [2.24, 2.45) is 0 Å². The number of hydrogen-bond acceptors (Lipinski definition) is 6. The van der Waals surface area contributed by atoms with Gasteiger partial charge in [-0.3, -0.25) is 4.79 Å². The molecule has 0 saturated heterocycles. The molecule has 9 heteroatoms. The van der Waals surface area contributed by atoms with E-state index in [0.717, 1.165) is 11.3 Å². The lowest BCUT2D eigenvalue weighted by atomic mass is 10.2. The first-order valence-electron chi connectivity index (χ1n) is 9.50. The van der Waals surface area contributed by atoms with Crippen molar-refractivity contribution in [3.63, 3.8) is 0 Å². The summed E-state index contributed by atoms with van der Waals surface area (Å²) < 4.78 is 11.3. The van der Waals surface area contributed by atoms with Crippen LogP contribution in [0.2, 0.25) is 10.0 Å². The van der Waals surface area contributed by atoms with Crippen molar-refractivity contribution < 1.29 is 19.1 Å². The highest BCUT2D eigenvalue weighted by Gasteiger charge is 2.21. The maximum atomic E-state index is 12.8. The van der Waals surface area contributed by atoms with Crippen LogP contribution in [0.3, 0.4) is 0 Å². The summed E-state index contributed by atoms with van der Waals surface area (Å²) in [5, 5.41) is 17.5. The number of benzene rings is 3. The highest BCUT2D eigenvalue weighted by molar-refractivity contribution is 6.37. The summed E-state index contributed by atoms with van der Waals surface area (Å²) in [4.78, 5) is 14.2. The molecule has 0 radical (unpaired) electrons. The summed E-state index contributed by atoms with van der Waals surface area (Å²) in [6, 6.07) is 19.7. The number of phenolic OH excluding ortho intramolecular Hbond substituents is 1. The molecule has 0 aliphatic rings. The molecule has 0 aliphatic heterocycles. The van der Waals surface area contributed by atoms with Crippen LogP contribution in [0.25, 0.3) is 11.5 Å². The average molecular weight is 470 g/mol. The van der Waals surface area contributed by atoms with E-state index >= 15 is 0 Å². The number of hydrogen-bond donors (Lipinski definition) is 1. The second-order valence-electron chi connectivity index (χ2n) is 6.92. The van der Waals surface area contributed by atoms with Crippen LogP contribution in [-0.4, -0.2) is 33.2 Å². The van der Waals surface area contributed by atoms with Crippen molar-refractivity contribution in [2.75, 3.05) is 7.05 Å². The first-order valence-corrected chi connectivity index (χ1v) is 10.3. The summed E-state index contributed by atoms with van der Waals surface area (Å²) >= 11 is 11.9. The molecule has 0 bridgehead atoms. The Morgan fingerprint density at radius 3 is 2.41 bits per heavy atom. The number of phenols is 1. The largest absolute Gasteiger partial charge is 0.505 e. The molecule has 0 spiro atoms. The van der Waals surface area contributed by atoms with Crippen molar-refractivity contribution in [2.45, 2.75) is 6.54 Å². The van der Waals surface area contributed by atoms with Gasteiger partial charge in [-0.2, -0.15) is 0 Å². The van der Waals surface area contributed by atoms with Crippen LogP contribution >= 0.6 is 23.2 Å². The number of halogens is 2. The van der Waals surface area contributed by atoms with Gasteiger partial charge >= 0.3 is 11.8 Å². The monoisotopic (exact) mass is 469 g/mol. The zero-order valence-corrected chi connectivity index (χ0v) is 18.3. The molecule has 4 aromatic rings. The molecule has 0 unspecified atom stereocenters. The number of rotatable bonds is 6. The first-order chi connectivity index (χ1) is 15.4. The minimum Gasteiger partial charge on any atom is -0.505 e. The molecule has 1 heterocycles. The van der Waals surface area contributed by atoms with Crippen LogP contribution in [-0.2, 0) is 6.54 Å². The third-order valence-electron chi connectivity index (χ3n) is 4.52. The Morgan fingerprint density at radius 1 is 1.00 bits per heavy atom. The number of carbonyl (C=O) groups excluding carboxylic acids is 1. The van der Waals surface area contributed by atoms with Crippen molar-refractivity contribution in [1.29, 1.82) is 0 Å². The summed E-state index contributed by atoms with van der Waals surface area (Å²) in [5.41, 5.74) is 1.25. The van der Waals surface area contributed by atoms with Gasteiger partial charge < -0.3 is 19.2 Å². The number of nitrogens with zero attached hydrogens (tertiary/aromatic N) is 3. The molecule has 1 N–H and O–H groups in total. The van der Waals surface area contributed by atoms with E-state index in [9.17, 15) is 9.90 Å². The topological polar surface area (TPSA) is 88.7 Å². The predicted molar refractivity (Wildman–Crippen MR) is 120 cm³/mol. The summed E-state index contributed by atoms with van der Waals surface area (Å²) in [7, 11) is 1.63. The Hall–Kier alpha value is -3.55. The van der Waals surface area contributed by atoms with E-state index in [2.05, 4.69) is 10.2 Å². The van der Waals surface area contributed by atoms with Crippen LogP contribution in [0.5, 0.6) is 17.2 Å². The van der Waals surface area contributed by atoms with Gasteiger partial charge in [-0.25, -0.2) is 0 Å². The minimum atomic E-state index is -0.450. The molecule has 0 atom stereocenters. The van der Waals surface area contributed by atoms with Gasteiger partial charge in [0, 0.05) is 19.2 Å². The molecule has 1 amide bonds. The molecular formula is C23H17Cl2N3O4. The zero-order chi connectivity index (χ0) is 22.7. The number of aromatic nitrogens is 2. The molecule has 4 rings (SSSR count). The molecule has 32 heavy (non-hydrogen) atoms. The molecule has 0 fully saturated rings. The van der Waals surface area contributed by atoms with E-state index in [1.54, 1.807) is 7.05 Å². The fourth-order valence-electron chi connectivity index (χ4n) is 2.96.